The second kappa shape index (κ2) is 5.88. The molecule has 0 aliphatic carbocycles. The van der Waals surface area contributed by atoms with Crippen LogP contribution < -0.4 is 10.2 Å². The smallest absolute Gasteiger partial charge is 0.371 e. The number of rotatable bonds is 5. The van der Waals surface area contributed by atoms with Gasteiger partial charge in [-0.2, -0.15) is 0 Å². The van der Waals surface area contributed by atoms with E-state index in [1.807, 2.05) is 37.2 Å². The zero-order chi connectivity index (χ0) is 14.7. The van der Waals surface area contributed by atoms with E-state index in [9.17, 15) is 4.79 Å². The second-order valence-electron chi connectivity index (χ2n) is 4.46. The first-order chi connectivity index (χ1) is 9.49. The van der Waals surface area contributed by atoms with Crippen LogP contribution >= 0.6 is 11.6 Å². The van der Waals surface area contributed by atoms with E-state index in [2.05, 4.69) is 5.32 Å². The van der Waals surface area contributed by atoms with Crippen molar-refractivity contribution in [1.29, 1.82) is 0 Å². The minimum Gasteiger partial charge on any atom is -0.475 e. The van der Waals surface area contributed by atoms with Gasteiger partial charge in [0, 0.05) is 14.1 Å². The van der Waals surface area contributed by atoms with Gasteiger partial charge in [-0.05, 0) is 24.3 Å². The van der Waals surface area contributed by atoms with Crippen LogP contribution in [0.4, 0.5) is 11.4 Å². The predicted octanol–water partition coefficient (Wildman–Crippen LogP) is 3.31. The number of aromatic carboxylic acids is 1. The molecule has 2 rings (SSSR count). The monoisotopic (exact) mass is 294 g/mol. The number of nitrogens with one attached hydrogen (secondary N) is 1. The maximum atomic E-state index is 10.7. The maximum absolute atomic E-state index is 10.7. The molecule has 1 aromatic heterocycles. The molecular weight excluding hydrogens is 280 g/mol. The molecule has 0 unspecified atom stereocenters. The van der Waals surface area contributed by atoms with Crippen LogP contribution in [0.1, 0.15) is 16.3 Å². The average molecular weight is 295 g/mol. The molecule has 1 aromatic carbocycles. The van der Waals surface area contributed by atoms with Crippen molar-refractivity contribution in [3.05, 3.63) is 46.9 Å². The van der Waals surface area contributed by atoms with Crippen molar-refractivity contribution < 1.29 is 14.3 Å². The van der Waals surface area contributed by atoms with Gasteiger partial charge in [0.1, 0.15) is 5.76 Å². The van der Waals surface area contributed by atoms with Crippen molar-refractivity contribution >= 4 is 28.9 Å². The molecule has 0 saturated carbocycles. The van der Waals surface area contributed by atoms with E-state index in [0.29, 0.717) is 17.3 Å². The third-order valence-electron chi connectivity index (χ3n) is 2.76. The summed E-state index contributed by atoms with van der Waals surface area (Å²) in [4.78, 5) is 12.7. The Morgan fingerprint density at radius 3 is 2.70 bits per heavy atom. The van der Waals surface area contributed by atoms with Gasteiger partial charge in [0.05, 0.1) is 22.9 Å². The SMILES string of the molecule is CN(C)c1c(Cl)cccc1NCc1ccc(C(=O)O)o1. The summed E-state index contributed by atoms with van der Waals surface area (Å²) in [6, 6.07) is 8.64. The van der Waals surface area contributed by atoms with Gasteiger partial charge < -0.3 is 19.7 Å². The van der Waals surface area contributed by atoms with Gasteiger partial charge in [-0.3, -0.25) is 0 Å². The second-order valence-corrected chi connectivity index (χ2v) is 4.86. The quantitative estimate of drug-likeness (QED) is 0.885. The van der Waals surface area contributed by atoms with Crippen LogP contribution in [-0.2, 0) is 6.54 Å². The fourth-order valence-electron chi connectivity index (χ4n) is 1.88. The number of furan rings is 1. The van der Waals surface area contributed by atoms with E-state index in [-0.39, 0.29) is 5.76 Å². The molecule has 0 spiro atoms. The van der Waals surface area contributed by atoms with E-state index in [4.69, 9.17) is 21.1 Å². The van der Waals surface area contributed by atoms with Crippen molar-refractivity contribution in [3.8, 4) is 0 Å². The van der Waals surface area contributed by atoms with Crippen molar-refractivity contribution in [3.63, 3.8) is 0 Å². The average Bonchev–Trinajstić information content (AvgIpc) is 2.84. The van der Waals surface area contributed by atoms with Crippen molar-refractivity contribution in [2.24, 2.45) is 0 Å². The summed E-state index contributed by atoms with van der Waals surface area (Å²) >= 11 is 6.17. The Hall–Kier alpha value is -2.14. The van der Waals surface area contributed by atoms with Crippen LogP contribution in [0.2, 0.25) is 5.02 Å². The molecule has 0 atom stereocenters. The third-order valence-corrected chi connectivity index (χ3v) is 3.06. The maximum Gasteiger partial charge on any atom is 0.371 e. The summed E-state index contributed by atoms with van der Waals surface area (Å²) in [5, 5.41) is 12.6. The molecule has 0 amide bonds. The molecule has 2 aromatic rings. The van der Waals surface area contributed by atoms with Crippen LogP contribution in [-0.4, -0.2) is 25.2 Å². The standard InChI is InChI=1S/C14H15ClN2O3/c1-17(2)13-10(15)4-3-5-11(13)16-8-9-6-7-12(20-9)14(18)19/h3-7,16H,8H2,1-2H3,(H,18,19). The van der Waals surface area contributed by atoms with Crippen LogP contribution in [0.3, 0.4) is 0 Å². The van der Waals surface area contributed by atoms with Gasteiger partial charge >= 0.3 is 5.97 Å². The van der Waals surface area contributed by atoms with Crippen LogP contribution in [0.25, 0.3) is 0 Å². The first kappa shape index (κ1) is 14.3. The number of hydrogen-bond donors (Lipinski definition) is 2. The van der Waals surface area contributed by atoms with Crippen molar-refractivity contribution in [2.45, 2.75) is 6.54 Å². The van der Waals surface area contributed by atoms with Crippen LogP contribution in [0, 0.1) is 0 Å². The van der Waals surface area contributed by atoms with Crippen LogP contribution in [0.15, 0.2) is 34.7 Å². The van der Waals surface area contributed by atoms with E-state index in [0.717, 1.165) is 11.4 Å². The Bertz CT molecular complexity index is 623. The van der Waals surface area contributed by atoms with Gasteiger partial charge in [0.2, 0.25) is 5.76 Å². The Balaban J connectivity index is 2.14. The summed E-state index contributed by atoms with van der Waals surface area (Å²) in [5.41, 5.74) is 1.73. The van der Waals surface area contributed by atoms with Gasteiger partial charge in [-0.1, -0.05) is 17.7 Å². The number of carboxylic acid groups (broad SMARTS) is 1. The highest BCUT2D eigenvalue weighted by Gasteiger charge is 2.11. The minimum atomic E-state index is -1.08. The number of nitrogens with zero attached hydrogens (tertiary/aromatic N) is 1. The highest BCUT2D eigenvalue weighted by Crippen LogP contribution is 2.32. The molecule has 0 fully saturated rings. The number of benzene rings is 1. The summed E-state index contributed by atoms with van der Waals surface area (Å²) in [6.07, 6.45) is 0. The molecule has 0 aliphatic heterocycles. The Labute approximate surface area is 121 Å². The molecule has 20 heavy (non-hydrogen) atoms. The van der Waals surface area contributed by atoms with Gasteiger partial charge in [0.25, 0.3) is 0 Å². The molecule has 6 heteroatoms. The molecule has 0 radical (unpaired) electrons. The molecule has 106 valence electrons. The Morgan fingerprint density at radius 2 is 2.10 bits per heavy atom. The summed E-state index contributed by atoms with van der Waals surface area (Å²) in [7, 11) is 3.81. The number of carboxylic acids is 1. The largest absolute Gasteiger partial charge is 0.475 e. The fraction of sp³-hybridized carbons (Fsp3) is 0.214. The zero-order valence-electron chi connectivity index (χ0n) is 11.2. The molecule has 2 N–H and O–H groups in total. The van der Waals surface area contributed by atoms with Crippen LogP contribution in [0.5, 0.6) is 0 Å². The van der Waals surface area contributed by atoms with E-state index in [1.165, 1.54) is 6.07 Å². The molecule has 5 nitrogen and oxygen atoms in total. The lowest BCUT2D eigenvalue weighted by atomic mass is 10.2. The van der Waals surface area contributed by atoms with Gasteiger partial charge in [-0.15, -0.1) is 0 Å². The zero-order valence-corrected chi connectivity index (χ0v) is 11.9. The van der Waals surface area contributed by atoms with Gasteiger partial charge in [-0.25, -0.2) is 4.79 Å². The topological polar surface area (TPSA) is 65.7 Å². The van der Waals surface area contributed by atoms with Crippen molar-refractivity contribution in [1.82, 2.24) is 0 Å². The molecule has 0 aliphatic rings. The summed E-state index contributed by atoms with van der Waals surface area (Å²) in [6.45, 7) is 0.383. The molecule has 1 heterocycles. The number of halogens is 1. The highest BCUT2D eigenvalue weighted by molar-refractivity contribution is 6.34. The van der Waals surface area contributed by atoms with E-state index in [1.54, 1.807) is 6.07 Å². The lowest BCUT2D eigenvalue weighted by Gasteiger charge is -2.19. The normalized spacial score (nSPS) is 10.3. The van der Waals surface area contributed by atoms with E-state index >= 15 is 0 Å². The first-order valence-corrected chi connectivity index (χ1v) is 6.38. The van der Waals surface area contributed by atoms with Crippen molar-refractivity contribution in [2.75, 3.05) is 24.3 Å². The summed E-state index contributed by atoms with van der Waals surface area (Å²) in [5.74, 6) is -0.596. The first-order valence-electron chi connectivity index (χ1n) is 6.00. The Morgan fingerprint density at radius 1 is 1.35 bits per heavy atom. The number of para-hydroxylation sites is 1. The lowest BCUT2D eigenvalue weighted by molar-refractivity contribution is 0.0660. The number of hydrogen-bond acceptors (Lipinski definition) is 4. The fourth-order valence-corrected chi connectivity index (χ4v) is 2.23. The summed E-state index contributed by atoms with van der Waals surface area (Å²) < 4.78 is 5.19. The third kappa shape index (κ3) is 3.05. The predicted molar refractivity (Wildman–Crippen MR) is 78.8 cm³/mol. The number of carbonyl (C=O) groups is 1. The molecule has 0 saturated heterocycles. The van der Waals surface area contributed by atoms with E-state index < -0.39 is 5.97 Å². The lowest BCUT2D eigenvalue weighted by Crippen LogP contribution is -2.12. The minimum absolute atomic E-state index is 0.0688. The molecular formula is C14H15ClN2O3. The Kier molecular flexibility index (Phi) is 4.20. The van der Waals surface area contributed by atoms with Gasteiger partial charge in [0.15, 0.2) is 0 Å². The molecule has 0 bridgehead atoms. The highest BCUT2D eigenvalue weighted by atomic mass is 35.5. The number of anilines is 2.